The first-order valence-corrected chi connectivity index (χ1v) is 5.29. The minimum atomic E-state index is -0.332. The molecule has 2 atom stereocenters. The van der Waals surface area contributed by atoms with Gasteiger partial charge in [0.25, 0.3) is 0 Å². The smallest absolute Gasteiger partial charge is 0.141 e. The topological polar surface area (TPSA) is 45.1 Å². The summed E-state index contributed by atoms with van der Waals surface area (Å²) in [6.45, 7) is 0.708. The summed E-state index contributed by atoms with van der Waals surface area (Å²) < 4.78 is 12.6. The van der Waals surface area contributed by atoms with E-state index >= 15 is 0 Å². The Labute approximate surface area is 88.3 Å². The van der Waals surface area contributed by atoms with Crippen LogP contribution in [0.2, 0.25) is 0 Å². The van der Waals surface area contributed by atoms with E-state index in [2.05, 4.69) is 10.3 Å². The molecule has 0 aliphatic heterocycles. The monoisotopic (exact) mass is 210 g/mol. The number of rotatable bonds is 3. The lowest BCUT2D eigenvalue weighted by atomic mass is 10.1. The molecule has 0 spiro atoms. The van der Waals surface area contributed by atoms with Gasteiger partial charge in [0.15, 0.2) is 0 Å². The van der Waals surface area contributed by atoms with Gasteiger partial charge in [-0.25, -0.2) is 9.37 Å². The first-order chi connectivity index (χ1) is 7.25. The van der Waals surface area contributed by atoms with E-state index in [1.165, 1.54) is 12.3 Å². The van der Waals surface area contributed by atoms with Crippen LogP contribution in [0.25, 0.3) is 0 Å². The molecule has 2 N–H and O–H groups in total. The van der Waals surface area contributed by atoms with E-state index in [1.807, 2.05) is 0 Å². The lowest BCUT2D eigenvalue weighted by molar-refractivity contribution is 0.138. The van der Waals surface area contributed by atoms with Gasteiger partial charge in [0.05, 0.1) is 12.3 Å². The number of aliphatic hydroxyl groups is 1. The molecule has 0 aromatic carbocycles. The van der Waals surface area contributed by atoms with Gasteiger partial charge in [0, 0.05) is 12.5 Å². The Morgan fingerprint density at radius 3 is 2.93 bits per heavy atom. The highest BCUT2D eigenvalue weighted by Gasteiger charge is 2.24. The Morgan fingerprint density at radius 2 is 2.33 bits per heavy atom. The van der Waals surface area contributed by atoms with Gasteiger partial charge in [-0.3, -0.25) is 0 Å². The molecular formula is C11H15FN2O. The van der Waals surface area contributed by atoms with E-state index in [0.29, 0.717) is 18.3 Å². The van der Waals surface area contributed by atoms with Gasteiger partial charge in [-0.15, -0.1) is 0 Å². The highest BCUT2D eigenvalue weighted by molar-refractivity contribution is 5.33. The Kier molecular flexibility index (Phi) is 3.16. The van der Waals surface area contributed by atoms with Crippen LogP contribution in [0, 0.1) is 11.7 Å². The van der Waals surface area contributed by atoms with Crippen molar-refractivity contribution in [2.24, 2.45) is 5.92 Å². The molecule has 0 radical (unpaired) electrons. The summed E-state index contributed by atoms with van der Waals surface area (Å²) in [5, 5.41) is 12.7. The Bertz CT molecular complexity index is 315. The first-order valence-electron chi connectivity index (χ1n) is 5.29. The van der Waals surface area contributed by atoms with Crippen molar-refractivity contribution in [2.45, 2.75) is 25.4 Å². The largest absolute Gasteiger partial charge is 0.393 e. The maximum Gasteiger partial charge on any atom is 0.141 e. The average molecular weight is 210 g/mol. The van der Waals surface area contributed by atoms with Crippen LogP contribution in [0.1, 0.15) is 19.3 Å². The second-order valence-corrected chi connectivity index (χ2v) is 4.00. The summed E-state index contributed by atoms with van der Waals surface area (Å²) >= 11 is 0. The number of pyridine rings is 1. The lowest BCUT2D eigenvalue weighted by Crippen LogP contribution is -2.22. The molecule has 1 saturated carbocycles. The maximum atomic E-state index is 12.6. The molecule has 2 rings (SSSR count). The van der Waals surface area contributed by atoms with Gasteiger partial charge in [-0.2, -0.15) is 0 Å². The van der Waals surface area contributed by atoms with Gasteiger partial charge >= 0.3 is 0 Å². The van der Waals surface area contributed by atoms with Crippen molar-refractivity contribution in [3.05, 3.63) is 24.1 Å². The van der Waals surface area contributed by atoms with Crippen molar-refractivity contribution < 1.29 is 9.50 Å². The predicted octanol–water partition coefficient (Wildman–Crippen LogP) is 1.79. The van der Waals surface area contributed by atoms with Crippen molar-refractivity contribution in [1.82, 2.24) is 4.98 Å². The molecule has 4 heteroatoms. The van der Waals surface area contributed by atoms with Crippen molar-refractivity contribution in [1.29, 1.82) is 0 Å². The highest BCUT2D eigenvalue weighted by Crippen LogP contribution is 2.25. The number of halogens is 1. The van der Waals surface area contributed by atoms with Crippen LogP contribution in [-0.4, -0.2) is 22.7 Å². The number of hydrogen-bond acceptors (Lipinski definition) is 3. The van der Waals surface area contributed by atoms with Crippen molar-refractivity contribution in [3.8, 4) is 0 Å². The van der Waals surface area contributed by atoms with Gasteiger partial charge < -0.3 is 10.4 Å². The summed E-state index contributed by atoms with van der Waals surface area (Å²) in [6.07, 6.45) is 4.02. The predicted molar refractivity (Wildman–Crippen MR) is 56.0 cm³/mol. The normalized spacial score (nSPS) is 25.5. The second-order valence-electron chi connectivity index (χ2n) is 4.00. The zero-order valence-corrected chi connectivity index (χ0v) is 8.49. The molecule has 1 aliphatic rings. The zero-order valence-electron chi connectivity index (χ0n) is 8.49. The van der Waals surface area contributed by atoms with Crippen LogP contribution >= 0.6 is 0 Å². The van der Waals surface area contributed by atoms with E-state index < -0.39 is 0 Å². The maximum absolute atomic E-state index is 12.6. The van der Waals surface area contributed by atoms with Gasteiger partial charge in [0.1, 0.15) is 11.6 Å². The minimum Gasteiger partial charge on any atom is -0.393 e. The molecule has 1 aliphatic carbocycles. The number of nitrogens with zero attached hydrogens (tertiary/aromatic N) is 1. The SMILES string of the molecule is OC1CCCC1CNc1ccc(F)cn1. The molecule has 3 nitrogen and oxygen atoms in total. The fourth-order valence-corrected chi connectivity index (χ4v) is 1.97. The lowest BCUT2D eigenvalue weighted by Gasteiger charge is -2.15. The molecule has 15 heavy (non-hydrogen) atoms. The molecule has 82 valence electrons. The molecule has 1 heterocycles. The molecule has 2 unspecified atom stereocenters. The van der Waals surface area contributed by atoms with E-state index in [-0.39, 0.29) is 11.9 Å². The average Bonchev–Trinajstić information content (AvgIpc) is 2.63. The second kappa shape index (κ2) is 4.57. The van der Waals surface area contributed by atoms with Crippen molar-refractivity contribution >= 4 is 5.82 Å². The molecule has 1 aromatic rings. The third kappa shape index (κ3) is 2.65. The standard InChI is InChI=1S/C11H15FN2O/c12-9-4-5-11(14-7-9)13-6-8-2-1-3-10(8)15/h4-5,7-8,10,15H,1-3,6H2,(H,13,14). The molecule has 0 bridgehead atoms. The van der Waals surface area contributed by atoms with E-state index in [1.54, 1.807) is 6.07 Å². The Morgan fingerprint density at radius 1 is 1.47 bits per heavy atom. The number of nitrogens with one attached hydrogen (secondary N) is 1. The van der Waals surface area contributed by atoms with Crippen LogP contribution in [0.15, 0.2) is 18.3 Å². The summed E-state index contributed by atoms with van der Waals surface area (Å²) in [7, 11) is 0. The third-order valence-corrected chi connectivity index (χ3v) is 2.89. The van der Waals surface area contributed by atoms with Crippen molar-refractivity contribution in [3.63, 3.8) is 0 Å². The summed E-state index contributed by atoms with van der Waals surface area (Å²) in [5.74, 6) is 0.633. The van der Waals surface area contributed by atoms with E-state index in [9.17, 15) is 9.50 Å². The Balaban J connectivity index is 1.85. The highest BCUT2D eigenvalue weighted by atomic mass is 19.1. The minimum absolute atomic E-state index is 0.196. The zero-order chi connectivity index (χ0) is 10.7. The van der Waals surface area contributed by atoms with Crippen LogP contribution in [0.3, 0.4) is 0 Å². The fourth-order valence-electron chi connectivity index (χ4n) is 1.97. The van der Waals surface area contributed by atoms with Crippen LogP contribution < -0.4 is 5.32 Å². The number of aromatic nitrogens is 1. The molecule has 1 aromatic heterocycles. The summed E-state index contributed by atoms with van der Waals surface area (Å²) in [4.78, 5) is 3.90. The molecular weight excluding hydrogens is 195 g/mol. The fraction of sp³-hybridized carbons (Fsp3) is 0.545. The molecule has 0 amide bonds. The third-order valence-electron chi connectivity index (χ3n) is 2.89. The van der Waals surface area contributed by atoms with Crippen LogP contribution in [0.5, 0.6) is 0 Å². The summed E-state index contributed by atoms with van der Waals surface area (Å²) in [6, 6.07) is 2.98. The molecule has 1 fully saturated rings. The number of hydrogen-bond donors (Lipinski definition) is 2. The van der Waals surface area contributed by atoms with Crippen LogP contribution in [-0.2, 0) is 0 Å². The van der Waals surface area contributed by atoms with Gasteiger partial charge in [-0.1, -0.05) is 6.42 Å². The van der Waals surface area contributed by atoms with E-state index in [4.69, 9.17) is 0 Å². The van der Waals surface area contributed by atoms with E-state index in [0.717, 1.165) is 19.3 Å². The molecule has 0 saturated heterocycles. The number of aliphatic hydroxyl groups excluding tert-OH is 1. The van der Waals surface area contributed by atoms with Gasteiger partial charge in [-0.05, 0) is 25.0 Å². The summed E-state index contributed by atoms with van der Waals surface area (Å²) in [5.41, 5.74) is 0. The first kappa shape index (κ1) is 10.4. The van der Waals surface area contributed by atoms with Crippen LogP contribution in [0.4, 0.5) is 10.2 Å². The van der Waals surface area contributed by atoms with Crippen molar-refractivity contribution in [2.75, 3.05) is 11.9 Å². The number of anilines is 1. The Hall–Kier alpha value is -1.16. The van der Waals surface area contributed by atoms with Gasteiger partial charge in [0.2, 0.25) is 0 Å². The quantitative estimate of drug-likeness (QED) is 0.799.